The number of hydrogen-bond acceptors (Lipinski definition) is 0. The molecule has 3 aromatic carbocycles. The molecule has 0 radical (unpaired) electrons. The summed E-state index contributed by atoms with van der Waals surface area (Å²) in [5.41, 5.74) is 6.02. The second-order valence-corrected chi connectivity index (χ2v) is 6.66. The van der Waals surface area contributed by atoms with Crippen molar-refractivity contribution >= 4 is 12.2 Å². The van der Waals surface area contributed by atoms with Gasteiger partial charge in [0.1, 0.15) is 5.82 Å². The molecule has 0 aliphatic heterocycles. The van der Waals surface area contributed by atoms with Crippen LogP contribution in [0, 0.1) is 5.82 Å². The van der Waals surface area contributed by atoms with E-state index in [9.17, 15) is 4.39 Å². The third-order valence-electron chi connectivity index (χ3n) is 4.61. The van der Waals surface area contributed by atoms with Crippen molar-refractivity contribution in [3.8, 4) is 11.1 Å². The van der Waals surface area contributed by atoms with Gasteiger partial charge in [-0.3, -0.25) is 0 Å². The molecule has 26 heavy (non-hydrogen) atoms. The Morgan fingerprint density at radius 2 is 1.15 bits per heavy atom. The summed E-state index contributed by atoms with van der Waals surface area (Å²) in [5, 5.41) is 0. The first-order chi connectivity index (χ1) is 12.7. The Morgan fingerprint density at radius 1 is 0.654 bits per heavy atom. The van der Waals surface area contributed by atoms with Crippen LogP contribution in [0.4, 0.5) is 4.39 Å². The van der Waals surface area contributed by atoms with Gasteiger partial charge in [-0.1, -0.05) is 92.6 Å². The van der Waals surface area contributed by atoms with E-state index in [0.717, 1.165) is 11.1 Å². The van der Waals surface area contributed by atoms with Gasteiger partial charge < -0.3 is 0 Å². The van der Waals surface area contributed by atoms with Crippen LogP contribution in [0.2, 0.25) is 0 Å². The molecule has 1 heteroatoms. The summed E-state index contributed by atoms with van der Waals surface area (Å²) < 4.78 is 12.9. The Kier molecular flexibility index (Phi) is 6.38. The maximum Gasteiger partial charge on any atom is 0.123 e. The van der Waals surface area contributed by atoms with Gasteiger partial charge in [-0.25, -0.2) is 4.39 Å². The maximum absolute atomic E-state index is 12.9. The van der Waals surface area contributed by atoms with Crippen LogP contribution in [-0.2, 0) is 6.42 Å². The molecule has 132 valence electrons. The quantitative estimate of drug-likeness (QED) is 0.309. The first kappa shape index (κ1) is 18.1. The van der Waals surface area contributed by atoms with Crippen LogP contribution in [0.5, 0.6) is 0 Å². The molecule has 3 rings (SSSR count). The lowest BCUT2D eigenvalue weighted by molar-refractivity contribution is 0.628. The van der Waals surface area contributed by atoms with E-state index in [1.807, 2.05) is 12.2 Å². The van der Waals surface area contributed by atoms with Crippen LogP contribution in [0.3, 0.4) is 0 Å². The van der Waals surface area contributed by atoms with Crippen molar-refractivity contribution in [1.82, 2.24) is 0 Å². The van der Waals surface area contributed by atoms with Gasteiger partial charge in [-0.05, 0) is 52.8 Å². The zero-order chi connectivity index (χ0) is 18.2. The Bertz CT molecular complexity index is 825. The van der Waals surface area contributed by atoms with Crippen molar-refractivity contribution in [2.24, 2.45) is 0 Å². The molecule has 0 aliphatic carbocycles. The third-order valence-corrected chi connectivity index (χ3v) is 4.61. The lowest BCUT2D eigenvalue weighted by Gasteiger charge is -2.05. The van der Waals surface area contributed by atoms with E-state index in [1.54, 1.807) is 12.1 Å². The molecule has 0 saturated heterocycles. The normalized spacial score (nSPS) is 11.2. The number of unbranched alkanes of at least 4 members (excludes halogenated alkanes) is 2. The summed E-state index contributed by atoms with van der Waals surface area (Å²) in [5.74, 6) is -0.206. The van der Waals surface area contributed by atoms with Crippen LogP contribution in [0.15, 0.2) is 72.8 Å². The van der Waals surface area contributed by atoms with Gasteiger partial charge in [-0.2, -0.15) is 0 Å². The van der Waals surface area contributed by atoms with Crippen LogP contribution in [-0.4, -0.2) is 0 Å². The first-order valence-corrected chi connectivity index (χ1v) is 9.37. The molecular weight excluding hydrogens is 319 g/mol. The van der Waals surface area contributed by atoms with Crippen LogP contribution in [0.25, 0.3) is 23.3 Å². The molecule has 0 saturated carbocycles. The van der Waals surface area contributed by atoms with Crippen LogP contribution < -0.4 is 0 Å². The fourth-order valence-corrected chi connectivity index (χ4v) is 3.00. The average molecular weight is 344 g/mol. The minimum absolute atomic E-state index is 0.206. The fourth-order valence-electron chi connectivity index (χ4n) is 3.00. The summed E-state index contributed by atoms with van der Waals surface area (Å²) in [7, 11) is 0. The van der Waals surface area contributed by atoms with Gasteiger partial charge in [0.15, 0.2) is 0 Å². The van der Waals surface area contributed by atoms with Crippen LogP contribution in [0.1, 0.15) is 42.9 Å². The Hall–Kier alpha value is -2.67. The zero-order valence-electron chi connectivity index (χ0n) is 15.3. The van der Waals surface area contributed by atoms with E-state index in [1.165, 1.54) is 54.5 Å². The number of rotatable bonds is 7. The molecule has 0 fully saturated rings. The standard InChI is InChI=1S/C25H25F/c1-2-3-4-5-20-8-14-23(15-9-20)24-16-10-21(11-17-24)6-7-22-12-18-25(26)19-13-22/h6-19H,2-5H2,1H3. The lowest BCUT2D eigenvalue weighted by atomic mass is 10.0. The van der Waals surface area contributed by atoms with Crippen molar-refractivity contribution in [3.63, 3.8) is 0 Å². The summed E-state index contributed by atoms with van der Waals surface area (Å²) >= 11 is 0. The van der Waals surface area contributed by atoms with Crippen molar-refractivity contribution in [2.75, 3.05) is 0 Å². The van der Waals surface area contributed by atoms with Gasteiger partial charge in [0.05, 0.1) is 0 Å². The van der Waals surface area contributed by atoms with E-state index in [0.29, 0.717) is 0 Å². The molecule has 0 aromatic heterocycles. The van der Waals surface area contributed by atoms with E-state index < -0.39 is 0 Å². The predicted octanol–water partition coefficient (Wildman–Crippen LogP) is 7.40. The topological polar surface area (TPSA) is 0 Å². The van der Waals surface area contributed by atoms with Gasteiger partial charge >= 0.3 is 0 Å². The SMILES string of the molecule is CCCCCc1ccc(-c2ccc(C=Cc3ccc(F)cc3)cc2)cc1. The highest BCUT2D eigenvalue weighted by Gasteiger charge is 1.99. The molecule has 0 atom stereocenters. The van der Waals surface area contributed by atoms with Gasteiger partial charge in [0, 0.05) is 0 Å². The van der Waals surface area contributed by atoms with E-state index in [2.05, 4.69) is 55.5 Å². The number of hydrogen-bond donors (Lipinski definition) is 0. The summed E-state index contributed by atoms with van der Waals surface area (Å²) in [4.78, 5) is 0. The second kappa shape index (κ2) is 9.15. The first-order valence-electron chi connectivity index (χ1n) is 9.37. The van der Waals surface area contributed by atoms with Gasteiger partial charge in [-0.15, -0.1) is 0 Å². The highest BCUT2D eigenvalue weighted by atomic mass is 19.1. The zero-order valence-corrected chi connectivity index (χ0v) is 15.3. The molecule has 0 spiro atoms. The molecule has 0 N–H and O–H groups in total. The van der Waals surface area contributed by atoms with E-state index in [-0.39, 0.29) is 5.82 Å². The number of aryl methyl sites for hydroxylation is 1. The Labute approximate surface area is 156 Å². The Morgan fingerprint density at radius 3 is 1.69 bits per heavy atom. The molecule has 0 heterocycles. The van der Waals surface area contributed by atoms with E-state index >= 15 is 0 Å². The summed E-state index contributed by atoms with van der Waals surface area (Å²) in [6, 6.07) is 24.0. The number of benzene rings is 3. The van der Waals surface area contributed by atoms with E-state index in [4.69, 9.17) is 0 Å². The molecular formula is C25H25F. The molecule has 0 nitrogen and oxygen atoms in total. The van der Waals surface area contributed by atoms with Crippen LogP contribution >= 0.6 is 0 Å². The average Bonchev–Trinajstić information content (AvgIpc) is 2.69. The minimum atomic E-state index is -0.206. The number of halogens is 1. The molecule has 3 aromatic rings. The molecule has 0 aliphatic rings. The molecule has 0 amide bonds. The molecule has 0 unspecified atom stereocenters. The smallest absolute Gasteiger partial charge is 0.123 e. The third kappa shape index (κ3) is 5.16. The van der Waals surface area contributed by atoms with Crippen molar-refractivity contribution < 1.29 is 4.39 Å². The highest BCUT2D eigenvalue weighted by Crippen LogP contribution is 2.22. The highest BCUT2D eigenvalue weighted by molar-refractivity contribution is 5.72. The fraction of sp³-hybridized carbons (Fsp3) is 0.200. The lowest BCUT2D eigenvalue weighted by Crippen LogP contribution is -1.86. The maximum atomic E-state index is 12.9. The Balaban J connectivity index is 1.64. The van der Waals surface area contributed by atoms with Gasteiger partial charge in [0.2, 0.25) is 0 Å². The summed E-state index contributed by atoms with van der Waals surface area (Å²) in [6.07, 6.45) is 9.05. The predicted molar refractivity (Wildman–Crippen MR) is 110 cm³/mol. The van der Waals surface area contributed by atoms with Gasteiger partial charge in [0.25, 0.3) is 0 Å². The largest absolute Gasteiger partial charge is 0.207 e. The van der Waals surface area contributed by atoms with Crippen molar-refractivity contribution in [2.45, 2.75) is 32.6 Å². The van der Waals surface area contributed by atoms with Crippen molar-refractivity contribution in [3.05, 3.63) is 95.3 Å². The summed E-state index contributed by atoms with van der Waals surface area (Å²) in [6.45, 7) is 2.24. The van der Waals surface area contributed by atoms with Crippen molar-refractivity contribution in [1.29, 1.82) is 0 Å². The monoisotopic (exact) mass is 344 g/mol. The molecule has 0 bridgehead atoms. The second-order valence-electron chi connectivity index (χ2n) is 6.66. The minimum Gasteiger partial charge on any atom is -0.207 e.